The first-order chi connectivity index (χ1) is 58.6. The van der Waals surface area contributed by atoms with Crippen LogP contribution >= 0.6 is 69.6 Å². The zero-order valence-electron chi connectivity index (χ0n) is 67.7. The van der Waals surface area contributed by atoms with Crippen LogP contribution in [-0.2, 0) is 109 Å². The van der Waals surface area contributed by atoms with Gasteiger partial charge < -0.3 is 116 Å². The summed E-state index contributed by atoms with van der Waals surface area (Å²) < 4.78 is 0. The van der Waals surface area contributed by atoms with Gasteiger partial charge in [0.05, 0.1) is 135 Å². The van der Waals surface area contributed by atoms with E-state index in [0.29, 0.717) is 71.7 Å². The van der Waals surface area contributed by atoms with Gasteiger partial charge in [0.2, 0.25) is 70.9 Å². The molecule has 0 bridgehead atoms. The minimum atomic E-state index is -2.28. The first-order valence-corrected chi connectivity index (χ1v) is 40.7. The van der Waals surface area contributed by atoms with Crippen LogP contribution in [0.4, 0.5) is 0 Å². The molecule has 0 radical (unpaired) electrons. The number of nitrogens with one attached hydrogen (secondary N) is 1. The van der Waals surface area contributed by atoms with Crippen molar-refractivity contribution in [2.45, 2.75) is 95.6 Å². The van der Waals surface area contributed by atoms with Crippen LogP contribution in [0.3, 0.4) is 0 Å². The average molecular weight is 1890 g/mol. The molecule has 13 N–H and O–H groups in total. The van der Waals surface area contributed by atoms with E-state index >= 15 is 0 Å². The fraction of sp³-hybridized carbons (Fsp3) is 0.526. The Morgan fingerprint density at radius 2 is 0.592 bits per heavy atom. The van der Waals surface area contributed by atoms with Gasteiger partial charge in [0.15, 0.2) is 6.29 Å². The molecule has 2 unspecified atom stereocenters. The van der Waals surface area contributed by atoms with Crippen LogP contribution in [0.1, 0.15) is 82.3 Å². The summed E-state index contributed by atoms with van der Waals surface area (Å²) in [4.78, 5) is 273. The summed E-state index contributed by atoms with van der Waals surface area (Å²) in [5, 5.41) is 102. The van der Waals surface area contributed by atoms with Gasteiger partial charge in [-0.25, -0.2) is 0 Å². The number of hydrogen-bond acceptors (Lipinski definition) is 23. The lowest BCUT2D eigenvalue weighted by molar-refractivity contribution is -0.151. The third-order valence-corrected chi connectivity index (χ3v) is 21.0. The predicted octanol–water partition coefficient (Wildman–Crippen LogP) is -0.530. The molecular formula is C76H99Cl6N13O30. The summed E-state index contributed by atoms with van der Waals surface area (Å²) in [6.07, 6.45) is -6.58. The second-order valence-corrected chi connectivity index (χ2v) is 30.8. The third-order valence-electron chi connectivity index (χ3n) is 18.8. The smallest absolute Gasteiger partial charge is 0.305 e. The van der Waals surface area contributed by atoms with Gasteiger partial charge in [0, 0.05) is 109 Å². The second kappa shape index (κ2) is 55.3. The van der Waals surface area contributed by atoms with Crippen molar-refractivity contribution < 1.29 is 147 Å². The number of benzene rings is 2. The van der Waals surface area contributed by atoms with Crippen molar-refractivity contribution in [3.05, 3.63) is 90.4 Å². The summed E-state index contributed by atoms with van der Waals surface area (Å²) in [5.74, 6) is -27.1. The molecule has 0 saturated carbocycles. The predicted molar refractivity (Wildman–Crippen MR) is 441 cm³/mol. The number of aliphatic carboxylic acids is 8. The van der Waals surface area contributed by atoms with Crippen molar-refractivity contribution >= 4 is 188 Å². The van der Waals surface area contributed by atoms with Crippen LogP contribution in [0.5, 0.6) is 0 Å². The van der Waals surface area contributed by atoms with E-state index in [4.69, 9.17) is 75.3 Å². The first kappa shape index (κ1) is 108. The van der Waals surface area contributed by atoms with Gasteiger partial charge in [-0.2, -0.15) is 0 Å². The number of aliphatic hydroxyl groups is 2. The largest absolute Gasteiger partial charge is 0.481 e. The summed E-state index contributed by atoms with van der Waals surface area (Å²) in [6.45, 7) is -18.9. The molecule has 3 rings (SSSR count). The SMILES string of the molecule is CC1C(Cl)=C(CCNCC(=O)N(CCc2ccc(Cl)cc2Cl)CC(=O)N(CCc2ccc(Cl)cc2Cl)CC(=O)N(CCC(=O)O)CC(=O)N(CCC(=O)O)CC(=O)N(CCC(=O)O)CC(=O)N(CCC(O)O)CC(=O)N(CCC(=O)O)CC(=O)N(CCC(=O)O)CC(=O)N(CCC(=O)O)CC(=O)N(CCC(=O)O)CC(=O)N(CCC(=O)O)CC(N)=O)C=CC1Cl. The van der Waals surface area contributed by atoms with Crippen molar-refractivity contribution in [3.8, 4) is 0 Å². The Balaban J connectivity index is 2.07. The maximum Gasteiger partial charge on any atom is 0.305 e. The summed E-state index contributed by atoms with van der Waals surface area (Å²) in [6, 6.07) is 9.04. The standard InChI is InChI=1S/C76H99Cl6N13O30/c1-46-52(79)7-4-49(76(46)82)8-20-84-34-56(97)86(21-9-47-2-5-50(77)32-53(47)80)36-58(99)87(22-10-48-3-6-51(78)33-54(48)81)38-59(100)89(25-13-69(112)113)40-61(102)91(27-15-71(116)117)42-63(104)93(29-17-73(120)121)44-65(106)95(31-19-75(124)125)45-66(107)94(30-18-74(122)123)43-64(105)92(28-16-72(118)119)41-62(103)90(26-14-70(114)115)39-60(101)88(24-12-68(110)111)37-57(98)85(35-55(83)96)23-11-67(108)109/h2-7,32-33,46,52,75,84,124-125H,8-31,34-45H2,1H3,(H2,83,96)(H,108,109)(H,110,111)(H,112,113)(H,114,115)(H,116,117)(H,118,119)(H,120,121)(H,122,123). The van der Waals surface area contributed by atoms with Crippen molar-refractivity contribution in [1.82, 2.24) is 59.2 Å². The number of carboxylic acids is 8. The number of aliphatic hydroxyl groups excluding tert-OH is 1. The van der Waals surface area contributed by atoms with Crippen LogP contribution in [0.15, 0.2) is 59.2 Å². The maximum atomic E-state index is 14.9. The topological polar surface area (TPSA) is 617 Å². The van der Waals surface area contributed by atoms with Crippen LogP contribution in [0.25, 0.3) is 0 Å². The molecule has 125 heavy (non-hydrogen) atoms. The lowest BCUT2D eigenvalue weighted by Gasteiger charge is -2.33. The van der Waals surface area contributed by atoms with Gasteiger partial charge in [-0.1, -0.05) is 89.2 Å². The Hall–Kier alpha value is -11.1. The van der Waals surface area contributed by atoms with Crippen LogP contribution in [-0.4, -0.2) is 392 Å². The molecule has 2 aromatic carbocycles. The highest BCUT2D eigenvalue weighted by atomic mass is 35.5. The van der Waals surface area contributed by atoms with Crippen molar-refractivity contribution in [2.24, 2.45) is 11.7 Å². The fourth-order valence-corrected chi connectivity index (χ4v) is 13.3. The summed E-state index contributed by atoms with van der Waals surface area (Å²) >= 11 is 38.4. The maximum absolute atomic E-state index is 14.9. The zero-order chi connectivity index (χ0) is 94.1. The monoisotopic (exact) mass is 1880 g/mol. The zero-order valence-corrected chi connectivity index (χ0v) is 72.2. The van der Waals surface area contributed by atoms with E-state index in [1.807, 2.05) is 6.92 Å². The molecule has 12 amide bonds. The number of nitrogens with two attached hydrogens (primary N) is 1. The van der Waals surface area contributed by atoms with Crippen LogP contribution in [0, 0.1) is 5.92 Å². The van der Waals surface area contributed by atoms with Crippen LogP contribution < -0.4 is 11.1 Å². The molecule has 1 aliphatic carbocycles. The van der Waals surface area contributed by atoms with E-state index in [0.717, 1.165) is 10.5 Å². The Morgan fingerprint density at radius 1 is 0.352 bits per heavy atom. The van der Waals surface area contributed by atoms with Crippen molar-refractivity contribution in [1.29, 1.82) is 0 Å². The number of alkyl halides is 1. The third kappa shape index (κ3) is 42.0. The Bertz CT molecular complexity index is 4310. The molecule has 0 aromatic heterocycles. The molecule has 2 atom stereocenters. The van der Waals surface area contributed by atoms with E-state index in [-0.39, 0.29) is 65.4 Å². The first-order valence-electron chi connectivity index (χ1n) is 38.4. The molecule has 0 spiro atoms. The van der Waals surface area contributed by atoms with Gasteiger partial charge in [-0.15, -0.1) is 11.6 Å². The second-order valence-electron chi connectivity index (χ2n) is 28.2. The molecular weight excluding hydrogens is 1790 g/mol. The number of carbonyl (C=O) groups is 20. The molecule has 0 heterocycles. The highest BCUT2D eigenvalue weighted by molar-refractivity contribution is 6.35. The minimum absolute atomic E-state index is 0.0652. The summed E-state index contributed by atoms with van der Waals surface area (Å²) in [7, 11) is 0. The highest BCUT2D eigenvalue weighted by Crippen LogP contribution is 2.33. The molecule has 1 aliphatic rings. The van der Waals surface area contributed by atoms with Gasteiger partial charge >= 0.3 is 47.8 Å². The van der Waals surface area contributed by atoms with E-state index in [2.05, 4.69) is 5.32 Å². The number of amides is 12. The van der Waals surface area contributed by atoms with Gasteiger partial charge in [-0.05, 0) is 66.8 Å². The Morgan fingerprint density at radius 3 is 0.832 bits per heavy atom. The van der Waals surface area contributed by atoms with E-state index in [9.17, 15) is 147 Å². The van der Waals surface area contributed by atoms with Gasteiger partial charge in [0.1, 0.15) is 0 Å². The number of allylic oxidation sites excluding steroid dienone is 3. The van der Waals surface area contributed by atoms with E-state index < -0.39 is 314 Å². The Labute approximate surface area is 745 Å². The molecule has 0 aliphatic heterocycles. The number of hydrogen-bond donors (Lipinski definition) is 12. The van der Waals surface area contributed by atoms with Crippen molar-refractivity contribution in [2.75, 3.05) is 157 Å². The lowest BCUT2D eigenvalue weighted by Crippen LogP contribution is -2.53. The normalized spacial score (nSPS) is 12.7. The minimum Gasteiger partial charge on any atom is -0.481 e. The molecule has 690 valence electrons. The molecule has 49 heteroatoms. The highest BCUT2D eigenvalue weighted by Gasteiger charge is 2.35. The van der Waals surface area contributed by atoms with Gasteiger partial charge in [0.25, 0.3) is 0 Å². The molecule has 43 nitrogen and oxygen atoms in total. The lowest BCUT2D eigenvalue weighted by atomic mass is 9.95. The van der Waals surface area contributed by atoms with Crippen molar-refractivity contribution in [3.63, 3.8) is 0 Å². The summed E-state index contributed by atoms with van der Waals surface area (Å²) in [5.41, 5.74) is 6.91. The molecule has 0 saturated heterocycles. The quantitative estimate of drug-likeness (QED) is 0.0225. The van der Waals surface area contributed by atoms with Gasteiger partial charge in [-0.3, -0.25) is 95.9 Å². The molecule has 2 aromatic rings. The van der Waals surface area contributed by atoms with Crippen LogP contribution in [0.2, 0.25) is 20.1 Å². The fourth-order valence-electron chi connectivity index (χ4n) is 11.7. The average Bonchev–Trinajstić information content (AvgIpc) is 0.853. The number of rotatable bonds is 60. The number of primary amides is 1. The Kier molecular flexibility index (Phi) is 47.9. The molecule has 0 fully saturated rings. The number of carboxylic acid groups (broad SMARTS) is 8. The van der Waals surface area contributed by atoms with E-state index in [1.54, 1.807) is 24.3 Å². The number of halogens is 6. The number of carbonyl (C=O) groups excluding carboxylic acids is 12. The van der Waals surface area contributed by atoms with E-state index in [1.165, 1.54) is 29.2 Å². The number of nitrogens with zero attached hydrogens (tertiary/aromatic N) is 11.